The molecule has 17 heavy (non-hydrogen) atoms. The number of aryl methyl sites for hydroxylation is 1. The molecule has 0 aliphatic rings. The van der Waals surface area contributed by atoms with Crippen molar-refractivity contribution < 1.29 is 0 Å². The lowest BCUT2D eigenvalue weighted by molar-refractivity contribution is 0.777. The van der Waals surface area contributed by atoms with Crippen LogP contribution in [0, 0.1) is 3.57 Å². The molecule has 6 heteroatoms. The van der Waals surface area contributed by atoms with Crippen molar-refractivity contribution >= 4 is 34.2 Å². The van der Waals surface area contributed by atoms with Gasteiger partial charge in [0.05, 0.1) is 17.6 Å². The molecule has 0 atom stereocenters. The minimum Gasteiger partial charge on any atom is -0.330 e. The van der Waals surface area contributed by atoms with Gasteiger partial charge < -0.3 is 5.73 Å². The van der Waals surface area contributed by atoms with Gasteiger partial charge in [0.15, 0.2) is 0 Å². The number of hydrogen-bond acceptors (Lipinski definition) is 3. The third-order valence-electron chi connectivity index (χ3n) is 2.33. The monoisotopic (exact) mass is 362 g/mol. The molecule has 0 radical (unpaired) electrons. The van der Waals surface area contributed by atoms with Crippen LogP contribution in [0.3, 0.4) is 0 Å². The molecule has 0 saturated carbocycles. The Labute approximate surface area is 118 Å². The lowest BCUT2D eigenvalue weighted by Gasteiger charge is -2.03. The summed E-state index contributed by atoms with van der Waals surface area (Å²) >= 11 is 8.15. The van der Waals surface area contributed by atoms with Crippen LogP contribution in [0.4, 0.5) is 0 Å². The summed E-state index contributed by atoms with van der Waals surface area (Å²) in [6.07, 6.45) is 3.72. The van der Waals surface area contributed by atoms with E-state index in [4.69, 9.17) is 17.3 Å². The maximum Gasteiger partial charge on any atom is 0.0832 e. The Balaban J connectivity index is 2.24. The maximum absolute atomic E-state index is 5.91. The van der Waals surface area contributed by atoms with Crippen molar-refractivity contribution in [3.63, 3.8) is 0 Å². The molecular weight excluding hydrogens is 351 g/mol. The first-order valence-corrected chi connectivity index (χ1v) is 6.73. The maximum atomic E-state index is 5.91. The number of aromatic nitrogens is 3. The molecule has 90 valence electrons. The summed E-state index contributed by atoms with van der Waals surface area (Å²) in [5, 5.41) is 8.95. The second kappa shape index (κ2) is 5.79. The van der Waals surface area contributed by atoms with E-state index in [1.54, 1.807) is 4.68 Å². The molecule has 1 heterocycles. The van der Waals surface area contributed by atoms with Gasteiger partial charge in [-0.2, -0.15) is 0 Å². The van der Waals surface area contributed by atoms with Gasteiger partial charge in [-0.15, -0.1) is 5.10 Å². The van der Waals surface area contributed by atoms with Crippen LogP contribution in [-0.4, -0.2) is 21.5 Å². The van der Waals surface area contributed by atoms with Crippen molar-refractivity contribution in [2.45, 2.75) is 12.8 Å². The summed E-state index contributed by atoms with van der Waals surface area (Å²) in [6, 6.07) is 5.68. The van der Waals surface area contributed by atoms with E-state index in [1.807, 2.05) is 24.4 Å². The van der Waals surface area contributed by atoms with Crippen molar-refractivity contribution in [3.8, 4) is 5.69 Å². The average Bonchev–Trinajstić information content (AvgIpc) is 2.75. The average molecular weight is 363 g/mol. The van der Waals surface area contributed by atoms with Gasteiger partial charge in [-0.3, -0.25) is 0 Å². The van der Waals surface area contributed by atoms with Crippen LogP contribution in [0.5, 0.6) is 0 Å². The van der Waals surface area contributed by atoms with Crippen LogP contribution in [-0.2, 0) is 6.42 Å². The molecule has 0 unspecified atom stereocenters. The second-order valence-corrected chi connectivity index (χ2v) is 5.24. The molecular formula is C11H12ClIN4. The van der Waals surface area contributed by atoms with Gasteiger partial charge in [-0.05, 0) is 60.2 Å². The molecule has 1 aromatic carbocycles. The summed E-state index contributed by atoms with van der Waals surface area (Å²) in [5.41, 5.74) is 7.41. The van der Waals surface area contributed by atoms with Crippen molar-refractivity contribution in [1.29, 1.82) is 0 Å². The Bertz CT molecular complexity index is 512. The fourth-order valence-corrected chi connectivity index (χ4v) is 2.60. The quantitative estimate of drug-likeness (QED) is 0.850. The zero-order valence-corrected chi connectivity index (χ0v) is 12.0. The third kappa shape index (κ3) is 3.17. The standard InChI is InChI=1S/C11H12ClIN4/c12-8-3-4-11(10(13)6-8)17-7-9(15-16-17)2-1-5-14/h3-4,6-7H,1-2,5,14H2. The number of halogens is 2. The summed E-state index contributed by atoms with van der Waals surface area (Å²) in [7, 11) is 0. The number of benzene rings is 1. The molecule has 1 aromatic heterocycles. The van der Waals surface area contributed by atoms with Gasteiger partial charge in [-0.1, -0.05) is 16.8 Å². The normalized spacial score (nSPS) is 10.8. The van der Waals surface area contributed by atoms with E-state index in [0.29, 0.717) is 6.54 Å². The number of nitrogens with zero attached hydrogens (tertiary/aromatic N) is 3. The van der Waals surface area contributed by atoms with E-state index in [-0.39, 0.29) is 0 Å². The summed E-state index contributed by atoms with van der Waals surface area (Å²) in [5.74, 6) is 0. The fourth-order valence-electron chi connectivity index (χ4n) is 1.48. The Kier molecular flexibility index (Phi) is 4.36. The molecule has 2 aromatic rings. The Morgan fingerprint density at radius 1 is 1.41 bits per heavy atom. The van der Waals surface area contributed by atoms with E-state index < -0.39 is 0 Å². The highest BCUT2D eigenvalue weighted by Gasteiger charge is 2.06. The van der Waals surface area contributed by atoms with E-state index >= 15 is 0 Å². The van der Waals surface area contributed by atoms with Gasteiger partial charge in [-0.25, -0.2) is 4.68 Å². The molecule has 0 aliphatic carbocycles. The van der Waals surface area contributed by atoms with E-state index in [0.717, 1.165) is 32.8 Å². The first-order valence-electron chi connectivity index (χ1n) is 5.27. The molecule has 0 bridgehead atoms. The third-order valence-corrected chi connectivity index (χ3v) is 3.43. The van der Waals surface area contributed by atoms with Gasteiger partial charge in [0.1, 0.15) is 0 Å². The summed E-state index contributed by atoms with van der Waals surface area (Å²) in [6.45, 7) is 0.672. The van der Waals surface area contributed by atoms with Gasteiger partial charge in [0.2, 0.25) is 0 Å². The molecule has 2 N–H and O–H groups in total. The molecule has 0 aliphatic heterocycles. The van der Waals surface area contributed by atoms with Crippen LogP contribution >= 0.6 is 34.2 Å². The zero-order valence-electron chi connectivity index (χ0n) is 9.11. The van der Waals surface area contributed by atoms with E-state index in [2.05, 4.69) is 32.9 Å². The smallest absolute Gasteiger partial charge is 0.0832 e. The fraction of sp³-hybridized carbons (Fsp3) is 0.273. The molecule has 0 fully saturated rings. The molecule has 0 spiro atoms. The van der Waals surface area contributed by atoms with E-state index in [1.165, 1.54) is 0 Å². The minimum absolute atomic E-state index is 0.672. The van der Waals surface area contributed by atoms with Crippen molar-refractivity contribution in [2.75, 3.05) is 6.54 Å². The van der Waals surface area contributed by atoms with Crippen molar-refractivity contribution in [3.05, 3.63) is 38.7 Å². The Hall–Kier alpha value is -0.660. The Morgan fingerprint density at radius 2 is 2.24 bits per heavy atom. The van der Waals surface area contributed by atoms with Crippen molar-refractivity contribution in [1.82, 2.24) is 15.0 Å². The second-order valence-electron chi connectivity index (χ2n) is 3.64. The highest BCUT2D eigenvalue weighted by molar-refractivity contribution is 14.1. The first kappa shape index (κ1) is 12.8. The number of hydrogen-bond donors (Lipinski definition) is 1. The number of rotatable bonds is 4. The highest BCUT2D eigenvalue weighted by atomic mass is 127. The minimum atomic E-state index is 0.672. The summed E-state index contributed by atoms with van der Waals surface area (Å²) < 4.78 is 2.81. The lowest BCUT2D eigenvalue weighted by atomic mass is 10.2. The largest absolute Gasteiger partial charge is 0.330 e. The van der Waals surface area contributed by atoms with Crippen LogP contribution in [0.25, 0.3) is 5.69 Å². The predicted octanol–water partition coefficient (Wildman–Crippen LogP) is 2.42. The predicted molar refractivity (Wildman–Crippen MR) is 76.5 cm³/mol. The van der Waals surface area contributed by atoms with Crippen LogP contribution < -0.4 is 5.73 Å². The lowest BCUT2D eigenvalue weighted by Crippen LogP contribution is -2.00. The van der Waals surface area contributed by atoms with Gasteiger partial charge in [0.25, 0.3) is 0 Å². The first-order chi connectivity index (χ1) is 8.20. The van der Waals surface area contributed by atoms with Gasteiger partial charge in [0, 0.05) is 8.59 Å². The van der Waals surface area contributed by atoms with Crippen LogP contribution in [0.15, 0.2) is 24.4 Å². The van der Waals surface area contributed by atoms with Crippen LogP contribution in [0.2, 0.25) is 5.02 Å². The summed E-state index contributed by atoms with van der Waals surface area (Å²) in [4.78, 5) is 0. The SMILES string of the molecule is NCCCc1cn(-c2ccc(Cl)cc2I)nn1. The number of nitrogens with two attached hydrogens (primary N) is 1. The van der Waals surface area contributed by atoms with Crippen molar-refractivity contribution in [2.24, 2.45) is 5.73 Å². The van der Waals surface area contributed by atoms with E-state index in [9.17, 15) is 0 Å². The molecule has 4 nitrogen and oxygen atoms in total. The molecule has 0 saturated heterocycles. The Morgan fingerprint density at radius 3 is 2.94 bits per heavy atom. The molecule has 0 amide bonds. The van der Waals surface area contributed by atoms with Gasteiger partial charge >= 0.3 is 0 Å². The highest BCUT2D eigenvalue weighted by Crippen LogP contribution is 2.20. The molecule has 2 rings (SSSR count). The zero-order chi connectivity index (χ0) is 12.3. The topological polar surface area (TPSA) is 56.7 Å². The van der Waals surface area contributed by atoms with Crippen LogP contribution in [0.1, 0.15) is 12.1 Å².